The Balaban J connectivity index is 2.44. The summed E-state index contributed by atoms with van der Waals surface area (Å²) in [7, 11) is 0. The third-order valence-electron chi connectivity index (χ3n) is 2.28. The monoisotopic (exact) mass is 225 g/mol. The predicted octanol–water partition coefficient (Wildman–Crippen LogP) is 1.81. The molecule has 0 unspecified atom stereocenters. The summed E-state index contributed by atoms with van der Waals surface area (Å²) in [6.07, 6.45) is 3.77. The van der Waals surface area contributed by atoms with Gasteiger partial charge in [-0.3, -0.25) is 0 Å². The molecular weight excluding hydrogens is 202 g/mol. The zero-order valence-corrected chi connectivity index (χ0v) is 10.8. The maximum absolute atomic E-state index is 5.34. The summed E-state index contributed by atoms with van der Waals surface area (Å²) in [6, 6.07) is 0. The number of hydrogen-bond donors (Lipinski definition) is 1. The Kier molecular flexibility index (Phi) is 4.96. The highest BCUT2D eigenvalue weighted by Gasteiger charge is 2.10. The van der Waals surface area contributed by atoms with Crippen LogP contribution in [0.5, 0.6) is 0 Å². The van der Waals surface area contributed by atoms with Gasteiger partial charge in [-0.2, -0.15) is 0 Å². The van der Waals surface area contributed by atoms with Gasteiger partial charge in [0.2, 0.25) is 0 Å². The highest BCUT2D eigenvalue weighted by Crippen LogP contribution is 2.04. The van der Waals surface area contributed by atoms with Crippen LogP contribution in [0.1, 0.15) is 33.4 Å². The first-order valence-electron chi connectivity index (χ1n) is 5.84. The van der Waals surface area contributed by atoms with Crippen LogP contribution in [0.2, 0.25) is 0 Å². The summed E-state index contributed by atoms with van der Waals surface area (Å²) >= 11 is 0. The number of ether oxygens (including phenoxy) is 1. The van der Waals surface area contributed by atoms with Crippen molar-refractivity contribution in [2.24, 2.45) is 0 Å². The van der Waals surface area contributed by atoms with Crippen molar-refractivity contribution in [2.45, 2.75) is 46.3 Å². The quantitative estimate of drug-likeness (QED) is 0.750. The van der Waals surface area contributed by atoms with Gasteiger partial charge in [-0.25, -0.2) is 4.98 Å². The molecule has 1 aromatic heterocycles. The van der Waals surface area contributed by atoms with Gasteiger partial charge in [0, 0.05) is 31.4 Å². The molecule has 0 aliphatic carbocycles. The first-order chi connectivity index (χ1) is 7.53. The first kappa shape index (κ1) is 13.2. The molecule has 0 aliphatic heterocycles. The van der Waals surface area contributed by atoms with Gasteiger partial charge in [0.05, 0.1) is 18.6 Å². The van der Waals surface area contributed by atoms with Crippen LogP contribution in [-0.4, -0.2) is 28.3 Å². The maximum Gasteiger partial charge on any atom is 0.0949 e. The zero-order valence-electron chi connectivity index (χ0n) is 10.8. The number of rotatable bonds is 6. The third kappa shape index (κ3) is 4.77. The number of imidazole rings is 1. The molecule has 4 nitrogen and oxygen atoms in total. The molecule has 1 heterocycles. The molecule has 0 aromatic carbocycles. The fraction of sp³-hybridized carbons (Fsp3) is 0.750. The van der Waals surface area contributed by atoms with E-state index in [2.05, 4.69) is 35.6 Å². The summed E-state index contributed by atoms with van der Waals surface area (Å²) in [5.41, 5.74) is 1.34. The molecule has 92 valence electrons. The standard InChI is InChI=1S/C12H23N3O/c1-5-16-7-6-15-10-13-8-11(15)9-14-12(2,3)4/h8,10,14H,5-7,9H2,1-4H3. The van der Waals surface area contributed by atoms with Crippen LogP contribution in [0, 0.1) is 0 Å². The topological polar surface area (TPSA) is 39.1 Å². The lowest BCUT2D eigenvalue weighted by atomic mass is 10.1. The van der Waals surface area contributed by atoms with Crippen molar-refractivity contribution in [1.82, 2.24) is 14.9 Å². The van der Waals surface area contributed by atoms with Gasteiger partial charge < -0.3 is 14.6 Å². The van der Waals surface area contributed by atoms with Crippen molar-refractivity contribution >= 4 is 0 Å². The summed E-state index contributed by atoms with van der Waals surface area (Å²) in [4.78, 5) is 4.17. The van der Waals surface area contributed by atoms with E-state index in [-0.39, 0.29) is 5.54 Å². The Morgan fingerprint density at radius 2 is 2.19 bits per heavy atom. The van der Waals surface area contributed by atoms with E-state index in [9.17, 15) is 0 Å². The highest BCUT2D eigenvalue weighted by molar-refractivity contribution is 4.98. The molecule has 4 heteroatoms. The number of nitrogens with zero attached hydrogens (tertiary/aromatic N) is 2. The molecule has 1 aromatic rings. The Hall–Kier alpha value is -0.870. The molecule has 0 fully saturated rings. The van der Waals surface area contributed by atoms with Gasteiger partial charge in [0.1, 0.15) is 0 Å². The lowest BCUT2D eigenvalue weighted by Crippen LogP contribution is -2.35. The fourth-order valence-corrected chi connectivity index (χ4v) is 1.36. The smallest absolute Gasteiger partial charge is 0.0949 e. The van der Waals surface area contributed by atoms with E-state index in [0.717, 1.165) is 26.3 Å². The second-order valence-corrected chi connectivity index (χ2v) is 4.88. The number of nitrogens with one attached hydrogen (secondary N) is 1. The lowest BCUT2D eigenvalue weighted by Gasteiger charge is -2.20. The largest absolute Gasteiger partial charge is 0.380 e. The van der Waals surface area contributed by atoms with Gasteiger partial charge in [0.15, 0.2) is 0 Å². The van der Waals surface area contributed by atoms with E-state index >= 15 is 0 Å². The van der Waals surface area contributed by atoms with Crippen LogP contribution in [0.15, 0.2) is 12.5 Å². The molecule has 1 N–H and O–H groups in total. The number of hydrogen-bond acceptors (Lipinski definition) is 3. The van der Waals surface area contributed by atoms with Crippen molar-refractivity contribution in [1.29, 1.82) is 0 Å². The normalized spacial score (nSPS) is 12.0. The molecule has 0 saturated carbocycles. The average molecular weight is 225 g/mol. The summed E-state index contributed by atoms with van der Waals surface area (Å²) in [5.74, 6) is 0. The Labute approximate surface area is 98.0 Å². The second kappa shape index (κ2) is 6.01. The minimum absolute atomic E-state index is 0.134. The molecule has 0 amide bonds. The second-order valence-electron chi connectivity index (χ2n) is 4.88. The van der Waals surface area contributed by atoms with E-state index in [1.165, 1.54) is 5.69 Å². The van der Waals surface area contributed by atoms with Crippen LogP contribution in [0.25, 0.3) is 0 Å². The van der Waals surface area contributed by atoms with Crippen molar-refractivity contribution in [3.05, 3.63) is 18.2 Å². The SMILES string of the molecule is CCOCCn1cncc1CNC(C)(C)C. The molecule has 1 rings (SSSR count). The van der Waals surface area contributed by atoms with Crippen LogP contribution < -0.4 is 5.32 Å². The van der Waals surface area contributed by atoms with E-state index < -0.39 is 0 Å². The van der Waals surface area contributed by atoms with Crippen molar-refractivity contribution < 1.29 is 4.74 Å². The van der Waals surface area contributed by atoms with Gasteiger partial charge in [-0.1, -0.05) is 0 Å². The van der Waals surface area contributed by atoms with Gasteiger partial charge in [-0.15, -0.1) is 0 Å². The van der Waals surface area contributed by atoms with E-state index in [1.807, 2.05) is 19.4 Å². The minimum Gasteiger partial charge on any atom is -0.380 e. The third-order valence-corrected chi connectivity index (χ3v) is 2.28. The van der Waals surface area contributed by atoms with E-state index in [4.69, 9.17) is 4.74 Å². The van der Waals surface area contributed by atoms with Crippen molar-refractivity contribution in [2.75, 3.05) is 13.2 Å². The Bertz CT molecular complexity index is 301. The lowest BCUT2D eigenvalue weighted by molar-refractivity contribution is 0.138. The Morgan fingerprint density at radius 1 is 1.44 bits per heavy atom. The zero-order chi connectivity index (χ0) is 12.0. The molecule has 0 bridgehead atoms. The van der Waals surface area contributed by atoms with Crippen LogP contribution in [0.4, 0.5) is 0 Å². The molecular formula is C12H23N3O. The molecule has 0 atom stereocenters. The molecule has 0 saturated heterocycles. The summed E-state index contributed by atoms with van der Waals surface area (Å²) in [6.45, 7) is 11.7. The summed E-state index contributed by atoms with van der Waals surface area (Å²) < 4.78 is 7.47. The van der Waals surface area contributed by atoms with Crippen molar-refractivity contribution in [3.8, 4) is 0 Å². The van der Waals surface area contributed by atoms with E-state index in [0.29, 0.717) is 0 Å². The fourth-order valence-electron chi connectivity index (χ4n) is 1.36. The van der Waals surface area contributed by atoms with Crippen LogP contribution >= 0.6 is 0 Å². The summed E-state index contributed by atoms with van der Waals surface area (Å²) in [5, 5.41) is 3.45. The van der Waals surface area contributed by atoms with Gasteiger partial charge in [0.25, 0.3) is 0 Å². The molecule has 0 spiro atoms. The maximum atomic E-state index is 5.34. The average Bonchev–Trinajstić information content (AvgIpc) is 2.62. The Morgan fingerprint density at radius 3 is 2.81 bits per heavy atom. The molecule has 16 heavy (non-hydrogen) atoms. The van der Waals surface area contributed by atoms with E-state index in [1.54, 1.807) is 0 Å². The van der Waals surface area contributed by atoms with Gasteiger partial charge in [-0.05, 0) is 27.7 Å². The highest BCUT2D eigenvalue weighted by atomic mass is 16.5. The van der Waals surface area contributed by atoms with Gasteiger partial charge >= 0.3 is 0 Å². The predicted molar refractivity (Wildman–Crippen MR) is 65.3 cm³/mol. The van der Waals surface area contributed by atoms with Crippen molar-refractivity contribution in [3.63, 3.8) is 0 Å². The molecule has 0 aliphatic rings. The minimum atomic E-state index is 0.134. The number of aromatic nitrogens is 2. The first-order valence-corrected chi connectivity index (χ1v) is 5.84. The van der Waals surface area contributed by atoms with Crippen LogP contribution in [-0.2, 0) is 17.8 Å². The molecule has 0 radical (unpaired) electrons. The van der Waals surface area contributed by atoms with Crippen LogP contribution in [0.3, 0.4) is 0 Å².